The van der Waals surface area contributed by atoms with Crippen molar-refractivity contribution in [2.75, 3.05) is 31.1 Å². The molecule has 0 aliphatic carbocycles. The molecule has 0 aromatic carbocycles. The summed E-state index contributed by atoms with van der Waals surface area (Å²) in [5, 5.41) is 11.1. The SMILES string of the molecule is NCCNC(=O)C1CCCN(c2ccc(Cl)nn2)C1. The first kappa shape index (κ1) is 14.0. The number of nitrogens with zero attached hydrogens (tertiary/aromatic N) is 3. The van der Waals surface area contributed by atoms with Crippen molar-refractivity contribution in [1.29, 1.82) is 0 Å². The summed E-state index contributed by atoms with van der Waals surface area (Å²) >= 11 is 5.72. The molecule has 1 amide bonds. The summed E-state index contributed by atoms with van der Waals surface area (Å²) in [4.78, 5) is 14.0. The maximum atomic E-state index is 11.9. The number of halogens is 1. The predicted molar refractivity (Wildman–Crippen MR) is 74.0 cm³/mol. The Morgan fingerprint density at radius 1 is 1.53 bits per heavy atom. The summed E-state index contributed by atoms with van der Waals surface area (Å²) in [6, 6.07) is 3.54. The molecular formula is C12H18ClN5O. The van der Waals surface area contributed by atoms with E-state index in [2.05, 4.69) is 20.4 Å². The van der Waals surface area contributed by atoms with Crippen LogP contribution in [0, 0.1) is 5.92 Å². The minimum Gasteiger partial charge on any atom is -0.355 e. The molecule has 0 radical (unpaired) electrons. The number of hydrogen-bond acceptors (Lipinski definition) is 5. The lowest BCUT2D eigenvalue weighted by atomic mass is 9.97. The largest absolute Gasteiger partial charge is 0.355 e. The molecule has 1 aromatic rings. The van der Waals surface area contributed by atoms with Crippen molar-refractivity contribution >= 4 is 23.3 Å². The molecule has 1 fully saturated rings. The lowest BCUT2D eigenvalue weighted by Crippen LogP contribution is -2.44. The Bertz CT molecular complexity index is 425. The van der Waals surface area contributed by atoms with E-state index >= 15 is 0 Å². The summed E-state index contributed by atoms with van der Waals surface area (Å²) < 4.78 is 0. The van der Waals surface area contributed by atoms with Gasteiger partial charge in [0.05, 0.1) is 5.92 Å². The Balaban J connectivity index is 1.96. The molecule has 104 valence electrons. The minimum absolute atomic E-state index is 0.0159. The Labute approximate surface area is 117 Å². The van der Waals surface area contributed by atoms with Gasteiger partial charge in [0.1, 0.15) is 0 Å². The average molecular weight is 284 g/mol. The van der Waals surface area contributed by atoms with Crippen LogP contribution in [0.5, 0.6) is 0 Å². The van der Waals surface area contributed by atoms with Crippen LogP contribution in [0.15, 0.2) is 12.1 Å². The van der Waals surface area contributed by atoms with E-state index in [4.69, 9.17) is 17.3 Å². The third-order valence-electron chi connectivity index (χ3n) is 3.18. The van der Waals surface area contributed by atoms with Crippen LogP contribution >= 0.6 is 11.6 Å². The standard InChI is InChI=1S/C12H18ClN5O/c13-10-3-4-11(17-16-10)18-7-1-2-9(8-18)12(19)15-6-5-14/h3-4,9H,1-2,5-8,14H2,(H,15,19). The van der Waals surface area contributed by atoms with E-state index in [0.29, 0.717) is 24.8 Å². The zero-order valence-corrected chi connectivity index (χ0v) is 11.4. The Kier molecular flexibility index (Phi) is 4.93. The van der Waals surface area contributed by atoms with Gasteiger partial charge in [-0.05, 0) is 25.0 Å². The van der Waals surface area contributed by atoms with Gasteiger partial charge in [0.25, 0.3) is 0 Å². The predicted octanol–water partition coefficient (Wildman–Crippen LogP) is 0.421. The number of amides is 1. The average Bonchev–Trinajstić information content (AvgIpc) is 2.45. The fourth-order valence-corrected chi connectivity index (χ4v) is 2.32. The van der Waals surface area contributed by atoms with Crippen LogP contribution in [-0.4, -0.2) is 42.3 Å². The summed E-state index contributed by atoms with van der Waals surface area (Å²) in [6.45, 7) is 2.53. The van der Waals surface area contributed by atoms with Crippen molar-refractivity contribution < 1.29 is 4.79 Å². The monoisotopic (exact) mass is 283 g/mol. The van der Waals surface area contributed by atoms with E-state index < -0.39 is 0 Å². The number of rotatable bonds is 4. The lowest BCUT2D eigenvalue weighted by molar-refractivity contribution is -0.125. The number of aromatic nitrogens is 2. The van der Waals surface area contributed by atoms with Crippen LogP contribution in [0.2, 0.25) is 5.15 Å². The summed E-state index contributed by atoms with van der Waals surface area (Å²) in [7, 11) is 0. The maximum absolute atomic E-state index is 11.9. The first-order valence-electron chi connectivity index (χ1n) is 6.42. The van der Waals surface area contributed by atoms with Gasteiger partial charge in [0, 0.05) is 26.2 Å². The van der Waals surface area contributed by atoms with Crippen LogP contribution in [-0.2, 0) is 4.79 Å². The molecular weight excluding hydrogens is 266 g/mol. The van der Waals surface area contributed by atoms with E-state index in [9.17, 15) is 4.79 Å². The van der Waals surface area contributed by atoms with Gasteiger partial charge >= 0.3 is 0 Å². The Hall–Kier alpha value is -1.40. The molecule has 7 heteroatoms. The molecule has 1 aliphatic rings. The smallest absolute Gasteiger partial charge is 0.224 e. The third-order valence-corrected chi connectivity index (χ3v) is 3.38. The first-order chi connectivity index (χ1) is 9.20. The number of hydrogen-bond donors (Lipinski definition) is 2. The summed E-state index contributed by atoms with van der Waals surface area (Å²) in [5.74, 6) is 0.815. The highest BCUT2D eigenvalue weighted by Gasteiger charge is 2.26. The van der Waals surface area contributed by atoms with Crippen molar-refractivity contribution in [2.45, 2.75) is 12.8 Å². The number of carbonyl (C=O) groups excluding carboxylic acids is 1. The second kappa shape index (κ2) is 6.68. The van der Waals surface area contributed by atoms with Crippen LogP contribution in [0.4, 0.5) is 5.82 Å². The lowest BCUT2D eigenvalue weighted by Gasteiger charge is -2.32. The van der Waals surface area contributed by atoms with Crippen molar-refractivity contribution in [3.05, 3.63) is 17.3 Å². The number of piperidine rings is 1. The van der Waals surface area contributed by atoms with Crippen LogP contribution in [0.25, 0.3) is 0 Å². The maximum Gasteiger partial charge on any atom is 0.224 e. The molecule has 2 heterocycles. The van der Waals surface area contributed by atoms with E-state index in [0.717, 1.165) is 25.2 Å². The number of nitrogens with two attached hydrogens (primary N) is 1. The van der Waals surface area contributed by atoms with Gasteiger partial charge in [-0.2, -0.15) is 0 Å². The van der Waals surface area contributed by atoms with E-state index in [1.165, 1.54) is 0 Å². The molecule has 3 N–H and O–H groups in total. The minimum atomic E-state index is -0.0159. The molecule has 1 atom stereocenters. The number of anilines is 1. The number of nitrogens with one attached hydrogen (secondary N) is 1. The Morgan fingerprint density at radius 3 is 3.05 bits per heavy atom. The second-order valence-electron chi connectivity index (χ2n) is 4.58. The van der Waals surface area contributed by atoms with Gasteiger partial charge in [0.15, 0.2) is 11.0 Å². The van der Waals surface area contributed by atoms with Gasteiger partial charge in [-0.15, -0.1) is 10.2 Å². The molecule has 1 aromatic heterocycles. The first-order valence-corrected chi connectivity index (χ1v) is 6.80. The fourth-order valence-electron chi connectivity index (χ4n) is 2.22. The third kappa shape index (κ3) is 3.78. The zero-order valence-electron chi connectivity index (χ0n) is 10.7. The van der Waals surface area contributed by atoms with Crippen LogP contribution < -0.4 is 16.0 Å². The fraction of sp³-hybridized carbons (Fsp3) is 0.583. The van der Waals surface area contributed by atoms with Crippen LogP contribution in [0.1, 0.15) is 12.8 Å². The quantitative estimate of drug-likeness (QED) is 0.837. The van der Waals surface area contributed by atoms with Crippen molar-refractivity contribution in [1.82, 2.24) is 15.5 Å². The van der Waals surface area contributed by atoms with Gasteiger partial charge in [0.2, 0.25) is 5.91 Å². The second-order valence-corrected chi connectivity index (χ2v) is 4.97. The normalized spacial score (nSPS) is 19.3. The molecule has 2 rings (SSSR count). The topological polar surface area (TPSA) is 84.1 Å². The van der Waals surface area contributed by atoms with Crippen molar-refractivity contribution in [3.8, 4) is 0 Å². The zero-order chi connectivity index (χ0) is 13.7. The highest BCUT2D eigenvalue weighted by molar-refractivity contribution is 6.29. The van der Waals surface area contributed by atoms with E-state index in [1.807, 2.05) is 6.07 Å². The molecule has 19 heavy (non-hydrogen) atoms. The van der Waals surface area contributed by atoms with Gasteiger partial charge in [-0.3, -0.25) is 4.79 Å². The summed E-state index contributed by atoms with van der Waals surface area (Å²) in [5.41, 5.74) is 5.38. The van der Waals surface area contributed by atoms with Gasteiger partial charge < -0.3 is 16.0 Å². The van der Waals surface area contributed by atoms with Gasteiger partial charge in [-0.25, -0.2) is 0 Å². The molecule has 0 saturated carbocycles. The molecule has 1 aliphatic heterocycles. The van der Waals surface area contributed by atoms with E-state index in [1.54, 1.807) is 6.07 Å². The van der Waals surface area contributed by atoms with Crippen LogP contribution in [0.3, 0.4) is 0 Å². The molecule has 1 unspecified atom stereocenters. The van der Waals surface area contributed by atoms with Gasteiger partial charge in [-0.1, -0.05) is 11.6 Å². The molecule has 6 nitrogen and oxygen atoms in total. The van der Waals surface area contributed by atoms with Crippen molar-refractivity contribution in [2.24, 2.45) is 11.7 Å². The molecule has 1 saturated heterocycles. The highest BCUT2D eigenvalue weighted by Crippen LogP contribution is 2.21. The van der Waals surface area contributed by atoms with Crippen molar-refractivity contribution in [3.63, 3.8) is 0 Å². The highest BCUT2D eigenvalue weighted by atomic mass is 35.5. The van der Waals surface area contributed by atoms with E-state index in [-0.39, 0.29) is 11.8 Å². The molecule has 0 spiro atoms. The summed E-state index contributed by atoms with van der Waals surface area (Å²) in [6.07, 6.45) is 1.86. The molecule has 0 bridgehead atoms. The Morgan fingerprint density at radius 2 is 2.37 bits per heavy atom. The number of carbonyl (C=O) groups is 1.